The minimum absolute atomic E-state index is 0.772. The molecule has 78 valence electrons. The van der Waals surface area contributed by atoms with Crippen LogP contribution in [0.25, 0.3) is 0 Å². The molecular formula is C10H22O2Si. The van der Waals surface area contributed by atoms with Crippen LogP contribution in [0.4, 0.5) is 0 Å². The molecule has 1 aliphatic carbocycles. The molecular weight excluding hydrogens is 180 g/mol. The molecule has 1 rings (SSSR count). The lowest BCUT2D eigenvalue weighted by Crippen LogP contribution is -2.47. The van der Waals surface area contributed by atoms with Crippen LogP contribution >= 0.6 is 0 Å². The molecule has 2 nitrogen and oxygen atoms in total. The Morgan fingerprint density at radius 1 is 1.23 bits per heavy atom. The molecule has 3 heteroatoms. The van der Waals surface area contributed by atoms with Crippen LogP contribution in [-0.2, 0) is 8.85 Å². The van der Waals surface area contributed by atoms with Gasteiger partial charge in [0.05, 0.1) is 0 Å². The quantitative estimate of drug-likeness (QED) is 0.616. The predicted molar refractivity (Wildman–Crippen MR) is 57.1 cm³/mol. The van der Waals surface area contributed by atoms with E-state index in [1.165, 1.54) is 38.1 Å². The van der Waals surface area contributed by atoms with Gasteiger partial charge in [0.25, 0.3) is 0 Å². The molecule has 0 heterocycles. The summed E-state index contributed by atoms with van der Waals surface area (Å²) >= 11 is 0. The number of hydrogen-bond donors (Lipinski definition) is 0. The minimum Gasteiger partial charge on any atom is -0.397 e. The molecule has 0 radical (unpaired) electrons. The van der Waals surface area contributed by atoms with Crippen molar-refractivity contribution >= 4 is 8.56 Å². The van der Waals surface area contributed by atoms with Gasteiger partial charge >= 0.3 is 8.56 Å². The van der Waals surface area contributed by atoms with E-state index in [0.29, 0.717) is 0 Å². The van der Waals surface area contributed by atoms with Crippen molar-refractivity contribution in [3.63, 3.8) is 0 Å². The first-order valence-corrected chi connectivity index (χ1v) is 7.49. The third-order valence-electron chi connectivity index (χ3n) is 3.30. The maximum atomic E-state index is 5.71. The maximum absolute atomic E-state index is 5.71. The lowest BCUT2D eigenvalue weighted by atomic mass is 10.00. The SMILES string of the molecule is CCCC[Si](OC)(OC)C1CCC1. The molecule has 0 amide bonds. The van der Waals surface area contributed by atoms with Gasteiger partial charge in [-0.2, -0.15) is 0 Å². The van der Waals surface area contributed by atoms with Crippen LogP contribution in [0.15, 0.2) is 0 Å². The highest BCUT2D eigenvalue weighted by Gasteiger charge is 2.46. The average molecular weight is 202 g/mol. The van der Waals surface area contributed by atoms with E-state index in [0.717, 1.165) is 5.54 Å². The Labute approximate surface area is 82.9 Å². The van der Waals surface area contributed by atoms with Crippen molar-refractivity contribution in [1.29, 1.82) is 0 Å². The summed E-state index contributed by atoms with van der Waals surface area (Å²) in [5.74, 6) is 0. The summed E-state index contributed by atoms with van der Waals surface area (Å²) in [7, 11) is 1.89. The fourth-order valence-electron chi connectivity index (χ4n) is 2.10. The molecule has 0 aromatic rings. The Morgan fingerprint density at radius 3 is 2.15 bits per heavy atom. The van der Waals surface area contributed by atoms with Gasteiger partial charge in [-0.1, -0.05) is 26.2 Å². The Morgan fingerprint density at radius 2 is 1.85 bits per heavy atom. The normalized spacial score (nSPS) is 18.7. The van der Waals surface area contributed by atoms with E-state index in [1.54, 1.807) is 0 Å². The molecule has 0 aliphatic heterocycles. The highest BCUT2D eigenvalue weighted by atomic mass is 28.4. The van der Waals surface area contributed by atoms with E-state index in [2.05, 4.69) is 6.92 Å². The van der Waals surface area contributed by atoms with E-state index in [9.17, 15) is 0 Å². The summed E-state index contributed by atoms with van der Waals surface area (Å²) in [6, 6.07) is 1.18. The van der Waals surface area contributed by atoms with Gasteiger partial charge in [0.1, 0.15) is 0 Å². The van der Waals surface area contributed by atoms with Gasteiger partial charge in [-0.15, -0.1) is 0 Å². The van der Waals surface area contributed by atoms with Gasteiger partial charge in [-0.3, -0.25) is 0 Å². The van der Waals surface area contributed by atoms with Crippen molar-refractivity contribution in [3.05, 3.63) is 0 Å². The monoisotopic (exact) mass is 202 g/mol. The van der Waals surface area contributed by atoms with Crippen LogP contribution < -0.4 is 0 Å². The van der Waals surface area contributed by atoms with Crippen molar-refractivity contribution in [2.75, 3.05) is 14.2 Å². The summed E-state index contributed by atoms with van der Waals surface area (Å²) in [4.78, 5) is 0. The summed E-state index contributed by atoms with van der Waals surface area (Å²) in [5, 5.41) is 0. The first-order valence-electron chi connectivity index (χ1n) is 5.39. The second-order valence-corrected chi connectivity index (χ2v) is 7.71. The minimum atomic E-state index is -1.78. The zero-order valence-corrected chi connectivity index (χ0v) is 10.1. The molecule has 1 aliphatic rings. The van der Waals surface area contributed by atoms with E-state index in [4.69, 9.17) is 8.85 Å². The van der Waals surface area contributed by atoms with Crippen LogP contribution in [0, 0.1) is 0 Å². The Hall–Kier alpha value is 0.137. The molecule has 0 saturated heterocycles. The second kappa shape index (κ2) is 5.13. The third-order valence-corrected chi connectivity index (χ3v) is 7.55. The lowest BCUT2D eigenvalue weighted by Gasteiger charge is -2.40. The van der Waals surface area contributed by atoms with Crippen LogP contribution in [0.3, 0.4) is 0 Å². The first kappa shape index (κ1) is 11.2. The van der Waals surface area contributed by atoms with Gasteiger partial charge < -0.3 is 8.85 Å². The van der Waals surface area contributed by atoms with E-state index >= 15 is 0 Å². The van der Waals surface area contributed by atoms with Crippen molar-refractivity contribution in [2.24, 2.45) is 0 Å². The van der Waals surface area contributed by atoms with Crippen molar-refractivity contribution in [1.82, 2.24) is 0 Å². The van der Waals surface area contributed by atoms with Crippen LogP contribution in [0.2, 0.25) is 11.6 Å². The van der Waals surface area contributed by atoms with Gasteiger partial charge in [-0.25, -0.2) is 0 Å². The smallest absolute Gasteiger partial charge is 0.340 e. The van der Waals surface area contributed by atoms with E-state index < -0.39 is 8.56 Å². The molecule has 1 saturated carbocycles. The molecule has 0 unspecified atom stereocenters. The Balaban J connectivity index is 2.49. The van der Waals surface area contributed by atoms with Gasteiger partial charge in [0.15, 0.2) is 0 Å². The van der Waals surface area contributed by atoms with Gasteiger partial charge in [0.2, 0.25) is 0 Å². The summed E-state index contributed by atoms with van der Waals surface area (Å²) in [6.45, 7) is 2.23. The second-order valence-electron chi connectivity index (χ2n) is 3.95. The highest BCUT2D eigenvalue weighted by Crippen LogP contribution is 2.44. The van der Waals surface area contributed by atoms with Gasteiger partial charge in [0, 0.05) is 19.8 Å². The van der Waals surface area contributed by atoms with Crippen LogP contribution in [-0.4, -0.2) is 22.8 Å². The molecule has 0 N–H and O–H groups in total. The van der Waals surface area contributed by atoms with Crippen molar-refractivity contribution in [3.8, 4) is 0 Å². The van der Waals surface area contributed by atoms with Crippen molar-refractivity contribution < 1.29 is 8.85 Å². The van der Waals surface area contributed by atoms with E-state index in [-0.39, 0.29) is 0 Å². The van der Waals surface area contributed by atoms with Gasteiger partial charge in [-0.05, 0) is 18.9 Å². The molecule has 0 spiro atoms. The number of hydrogen-bond acceptors (Lipinski definition) is 2. The van der Waals surface area contributed by atoms with E-state index in [1.807, 2.05) is 14.2 Å². The summed E-state index contributed by atoms with van der Waals surface area (Å²) in [5.41, 5.74) is 0.772. The molecule has 0 bridgehead atoms. The average Bonchev–Trinajstić information content (AvgIpc) is 2.09. The first-order chi connectivity index (χ1) is 6.29. The van der Waals surface area contributed by atoms with Crippen LogP contribution in [0.1, 0.15) is 39.0 Å². The standard InChI is InChI=1S/C10H22O2Si/c1-4-5-9-13(11-2,12-3)10-7-6-8-10/h10H,4-9H2,1-3H3. The topological polar surface area (TPSA) is 18.5 Å². The van der Waals surface area contributed by atoms with Crippen LogP contribution in [0.5, 0.6) is 0 Å². The zero-order chi connectivity index (χ0) is 9.73. The largest absolute Gasteiger partial charge is 0.397 e. The summed E-state index contributed by atoms with van der Waals surface area (Å²) in [6.07, 6.45) is 6.53. The highest BCUT2D eigenvalue weighted by molar-refractivity contribution is 6.69. The Kier molecular flexibility index (Phi) is 4.42. The zero-order valence-electron chi connectivity index (χ0n) is 9.14. The number of unbranched alkanes of at least 4 members (excludes halogenated alkanes) is 1. The maximum Gasteiger partial charge on any atom is 0.340 e. The molecule has 1 fully saturated rings. The molecule has 0 aromatic heterocycles. The summed E-state index contributed by atoms with van der Waals surface area (Å²) < 4.78 is 11.4. The molecule has 0 aromatic carbocycles. The third kappa shape index (κ3) is 2.33. The Bertz CT molecular complexity index is 142. The van der Waals surface area contributed by atoms with Crippen molar-refractivity contribution in [2.45, 2.75) is 50.6 Å². The molecule has 0 atom stereocenters. The lowest BCUT2D eigenvalue weighted by molar-refractivity contribution is 0.206. The predicted octanol–water partition coefficient (Wildman–Crippen LogP) is 3.08. The fourth-order valence-corrected chi connectivity index (χ4v) is 5.88. The fraction of sp³-hybridized carbons (Fsp3) is 1.00. The number of rotatable bonds is 6. The molecule has 13 heavy (non-hydrogen) atoms.